The van der Waals surface area contributed by atoms with Crippen molar-refractivity contribution in [3.8, 4) is 0 Å². The van der Waals surface area contributed by atoms with Crippen molar-refractivity contribution in [3.05, 3.63) is 0 Å². The molecule has 78 valence electrons. The topological polar surface area (TPSA) is 67.4 Å². The van der Waals surface area contributed by atoms with Crippen LogP contribution >= 0.6 is 0 Å². The predicted molar refractivity (Wildman–Crippen MR) is 48.5 cm³/mol. The average Bonchev–Trinajstić information content (AvgIpc) is 2.53. The lowest BCUT2D eigenvalue weighted by molar-refractivity contribution is -0.154. The van der Waals surface area contributed by atoms with E-state index in [1.807, 2.05) is 0 Å². The van der Waals surface area contributed by atoms with Crippen LogP contribution in [0.2, 0.25) is 0 Å². The van der Waals surface area contributed by atoms with Gasteiger partial charge in [-0.2, -0.15) is 0 Å². The van der Waals surface area contributed by atoms with Crippen LogP contribution in [0.4, 0.5) is 0 Å². The van der Waals surface area contributed by atoms with Crippen LogP contribution in [0.3, 0.4) is 0 Å². The molecule has 0 aromatic carbocycles. The zero-order valence-corrected chi connectivity index (χ0v) is 8.13. The van der Waals surface area contributed by atoms with Gasteiger partial charge in [0.1, 0.15) is 5.41 Å². The zero-order chi connectivity index (χ0) is 10.2. The molecule has 0 unspecified atom stereocenters. The van der Waals surface area contributed by atoms with Gasteiger partial charge in [-0.3, -0.25) is 9.59 Å². The van der Waals surface area contributed by atoms with Crippen molar-refractivity contribution in [1.29, 1.82) is 0 Å². The molecule has 1 amide bonds. The van der Waals surface area contributed by atoms with Gasteiger partial charge in [0, 0.05) is 19.0 Å². The zero-order valence-electron chi connectivity index (χ0n) is 8.13. The van der Waals surface area contributed by atoms with E-state index in [0.717, 1.165) is 13.0 Å². The fourth-order valence-corrected chi connectivity index (χ4v) is 2.38. The number of ether oxygens (including phenoxy) is 1. The van der Waals surface area contributed by atoms with Crippen LogP contribution in [-0.4, -0.2) is 38.1 Å². The van der Waals surface area contributed by atoms with E-state index in [1.54, 1.807) is 0 Å². The van der Waals surface area contributed by atoms with Crippen LogP contribution < -0.4 is 10.6 Å². The van der Waals surface area contributed by atoms with E-state index >= 15 is 0 Å². The van der Waals surface area contributed by atoms with Gasteiger partial charge >= 0.3 is 5.97 Å². The molecule has 2 heterocycles. The van der Waals surface area contributed by atoms with Gasteiger partial charge in [-0.15, -0.1) is 0 Å². The molecule has 14 heavy (non-hydrogen) atoms. The van der Waals surface area contributed by atoms with E-state index in [2.05, 4.69) is 10.6 Å². The first kappa shape index (κ1) is 9.45. The van der Waals surface area contributed by atoms with Crippen LogP contribution in [0.1, 0.15) is 12.8 Å². The van der Waals surface area contributed by atoms with Crippen LogP contribution in [0, 0.1) is 5.41 Å². The Labute approximate surface area is 82.2 Å². The quantitative estimate of drug-likeness (QED) is 0.532. The Hall–Kier alpha value is -1.10. The maximum absolute atomic E-state index is 11.7. The number of methoxy groups -OCH3 is 1. The van der Waals surface area contributed by atoms with Crippen LogP contribution in [0.5, 0.6) is 0 Å². The summed E-state index contributed by atoms with van der Waals surface area (Å²) in [5.74, 6) is -0.336. The van der Waals surface area contributed by atoms with Crippen molar-refractivity contribution in [2.45, 2.75) is 18.9 Å². The highest BCUT2D eigenvalue weighted by Gasteiger charge is 2.54. The number of esters is 1. The first-order valence-electron chi connectivity index (χ1n) is 4.77. The summed E-state index contributed by atoms with van der Waals surface area (Å²) in [6, 6.07) is -0.0521. The molecular formula is C9H14N2O3. The van der Waals surface area contributed by atoms with Crippen LogP contribution in [0.25, 0.3) is 0 Å². The lowest BCUT2D eigenvalue weighted by atomic mass is 9.76. The van der Waals surface area contributed by atoms with Gasteiger partial charge in [-0.25, -0.2) is 0 Å². The highest BCUT2D eigenvalue weighted by atomic mass is 16.5. The molecule has 2 aliphatic rings. The van der Waals surface area contributed by atoms with E-state index in [0.29, 0.717) is 6.54 Å². The molecule has 2 atom stereocenters. The fourth-order valence-electron chi connectivity index (χ4n) is 2.38. The van der Waals surface area contributed by atoms with Crippen molar-refractivity contribution in [1.82, 2.24) is 10.6 Å². The third kappa shape index (κ3) is 1.19. The maximum Gasteiger partial charge on any atom is 0.315 e. The highest BCUT2D eigenvalue weighted by molar-refractivity contribution is 5.91. The number of amides is 1. The standard InChI is InChI=1S/C9H14N2O3/c1-14-8(13)9-4-7(12)11-6(9)2-3-10-5-9/h6,10H,2-5H2,1H3,(H,11,12)/t6-,9-/m1/s1. The SMILES string of the molecule is COC(=O)[C@]12CNCC[C@H]1NC(=O)C2. The second kappa shape index (κ2) is 3.24. The summed E-state index contributed by atoms with van der Waals surface area (Å²) in [4.78, 5) is 22.9. The Morgan fingerprint density at radius 2 is 2.43 bits per heavy atom. The third-order valence-corrected chi connectivity index (χ3v) is 3.12. The molecule has 2 aliphatic heterocycles. The average molecular weight is 198 g/mol. The van der Waals surface area contributed by atoms with Crippen molar-refractivity contribution >= 4 is 11.9 Å². The van der Waals surface area contributed by atoms with Crippen LogP contribution in [-0.2, 0) is 14.3 Å². The maximum atomic E-state index is 11.7. The van der Waals surface area contributed by atoms with Gasteiger partial charge in [0.05, 0.1) is 7.11 Å². The second-order valence-corrected chi connectivity index (χ2v) is 3.91. The molecule has 5 nitrogen and oxygen atoms in total. The first-order valence-corrected chi connectivity index (χ1v) is 4.77. The number of fused-ring (bicyclic) bond motifs is 1. The molecule has 2 rings (SSSR count). The molecule has 2 fully saturated rings. The molecule has 0 saturated carbocycles. The van der Waals surface area contributed by atoms with E-state index in [9.17, 15) is 9.59 Å². The minimum absolute atomic E-state index is 0.0518. The number of carbonyl (C=O) groups excluding carboxylic acids is 2. The minimum Gasteiger partial charge on any atom is -0.468 e. The van der Waals surface area contributed by atoms with Gasteiger partial charge in [0.25, 0.3) is 0 Å². The van der Waals surface area contributed by atoms with E-state index in [4.69, 9.17) is 4.74 Å². The number of rotatable bonds is 1. The van der Waals surface area contributed by atoms with E-state index in [1.165, 1.54) is 7.11 Å². The summed E-state index contributed by atoms with van der Waals surface area (Å²) < 4.78 is 4.77. The lowest BCUT2D eigenvalue weighted by Crippen LogP contribution is -2.54. The fraction of sp³-hybridized carbons (Fsp3) is 0.778. The Morgan fingerprint density at radius 3 is 3.14 bits per heavy atom. The van der Waals surface area contributed by atoms with Gasteiger partial charge in [-0.1, -0.05) is 0 Å². The smallest absolute Gasteiger partial charge is 0.315 e. The van der Waals surface area contributed by atoms with Crippen molar-refractivity contribution < 1.29 is 14.3 Å². The summed E-state index contributed by atoms with van der Waals surface area (Å²) in [5.41, 5.74) is -0.663. The largest absolute Gasteiger partial charge is 0.468 e. The highest BCUT2D eigenvalue weighted by Crippen LogP contribution is 2.36. The monoisotopic (exact) mass is 198 g/mol. The number of carbonyl (C=O) groups is 2. The Bertz CT molecular complexity index is 279. The lowest BCUT2D eigenvalue weighted by Gasteiger charge is -2.35. The molecule has 2 N–H and O–H groups in total. The van der Waals surface area contributed by atoms with Gasteiger partial charge < -0.3 is 15.4 Å². The predicted octanol–water partition coefficient (Wildman–Crippen LogP) is -0.972. The number of hydrogen-bond acceptors (Lipinski definition) is 4. The molecule has 0 aromatic heterocycles. The first-order chi connectivity index (χ1) is 6.69. The second-order valence-electron chi connectivity index (χ2n) is 3.91. The molecule has 2 saturated heterocycles. The van der Waals surface area contributed by atoms with Gasteiger partial charge in [-0.05, 0) is 13.0 Å². The molecule has 5 heteroatoms. The van der Waals surface area contributed by atoms with E-state index < -0.39 is 5.41 Å². The molecule has 0 aromatic rings. The number of hydrogen-bond donors (Lipinski definition) is 2. The Kier molecular flexibility index (Phi) is 2.19. The molecule has 0 spiro atoms. The summed E-state index contributed by atoms with van der Waals surface area (Å²) in [5, 5.41) is 5.97. The van der Waals surface area contributed by atoms with Crippen molar-refractivity contribution in [2.24, 2.45) is 5.41 Å². The van der Waals surface area contributed by atoms with Crippen LogP contribution in [0.15, 0.2) is 0 Å². The number of nitrogens with one attached hydrogen (secondary N) is 2. The summed E-state index contributed by atoms with van der Waals surface area (Å²) in [7, 11) is 1.37. The minimum atomic E-state index is -0.663. The molecule has 0 radical (unpaired) electrons. The Morgan fingerprint density at radius 1 is 1.64 bits per heavy atom. The molecule has 0 aliphatic carbocycles. The third-order valence-electron chi connectivity index (χ3n) is 3.12. The number of piperidine rings is 1. The summed E-state index contributed by atoms with van der Waals surface area (Å²) in [6.45, 7) is 1.37. The van der Waals surface area contributed by atoms with Gasteiger partial charge in [0.2, 0.25) is 5.91 Å². The molecule has 0 bridgehead atoms. The van der Waals surface area contributed by atoms with Crippen molar-refractivity contribution in [2.75, 3.05) is 20.2 Å². The summed E-state index contributed by atoms with van der Waals surface area (Å²) in [6.07, 6.45) is 1.04. The van der Waals surface area contributed by atoms with Gasteiger partial charge in [0.15, 0.2) is 0 Å². The molecular weight excluding hydrogens is 184 g/mol. The normalized spacial score (nSPS) is 36.1. The van der Waals surface area contributed by atoms with E-state index in [-0.39, 0.29) is 24.3 Å². The van der Waals surface area contributed by atoms with Crippen molar-refractivity contribution in [3.63, 3.8) is 0 Å². The summed E-state index contributed by atoms with van der Waals surface area (Å²) >= 11 is 0. The Balaban J connectivity index is 2.27.